The number of hydrogen-bond donors (Lipinski definition) is 0. The smallest absolute Gasteiger partial charge is 0.255 e. The summed E-state index contributed by atoms with van der Waals surface area (Å²) >= 11 is 0. The molecular formula is C28H28N2O2. The molecule has 32 heavy (non-hydrogen) atoms. The van der Waals surface area contributed by atoms with E-state index in [1.165, 1.54) is 16.5 Å². The van der Waals surface area contributed by atoms with E-state index in [1.807, 2.05) is 30.3 Å². The van der Waals surface area contributed by atoms with Gasteiger partial charge in [0, 0.05) is 35.6 Å². The molecule has 162 valence electrons. The predicted molar refractivity (Wildman–Crippen MR) is 129 cm³/mol. The monoisotopic (exact) mass is 424 g/mol. The largest absolute Gasteiger partial charge is 0.497 e. The summed E-state index contributed by atoms with van der Waals surface area (Å²) in [6.07, 6.45) is 2.03. The van der Waals surface area contributed by atoms with Gasteiger partial charge in [-0.05, 0) is 53.9 Å². The highest BCUT2D eigenvalue weighted by Gasteiger charge is 2.40. The van der Waals surface area contributed by atoms with Crippen molar-refractivity contribution >= 4 is 16.8 Å². The van der Waals surface area contributed by atoms with Gasteiger partial charge in [-0.25, -0.2) is 0 Å². The molecule has 1 aromatic heterocycles. The van der Waals surface area contributed by atoms with Gasteiger partial charge in [-0.2, -0.15) is 0 Å². The molecule has 0 aliphatic carbocycles. The first-order chi connectivity index (χ1) is 15.7. The van der Waals surface area contributed by atoms with Crippen LogP contribution in [0.5, 0.6) is 5.75 Å². The summed E-state index contributed by atoms with van der Waals surface area (Å²) in [4.78, 5) is 15.5. The van der Waals surface area contributed by atoms with Crippen molar-refractivity contribution in [3.63, 3.8) is 0 Å². The fraction of sp³-hybridized carbons (Fsp3) is 0.250. The molecule has 5 rings (SSSR count). The zero-order chi connectivity index (χ0) is 22.2. The molecule has 0 spiro atoms. The molecule has 1 aliphatic rings. The second-order valence-electron chi connectivity index (χ2n) is 8.41. The van der Waals surface area contributed by atoms with E-state index < -0.39 is 0 Å². The van der Waals surface area contributed by atoms with Crippen LogP contribution >= 0.6 is 0 Å². The standard InChI is InChI=1S/C28H28N2O2/c1-4-5-18-30-27(21-10-6-7-11-22(21)28(30)31)25-23-12-8-9-13-24(23)29(2)26(25)19-14-16-20(32-3)17-15-19/h6-17,27H,4-5,18H2,1-3H3/t27-/m1/s1. The molecule has 4 aromatic rings. The number of rotatable bonds is 6. The van der Waals surface area contributed by atoms with Crippen LogP contribution in [0.4, 0.5) is 0 Å². The van der Waals surface area contributed by atoms with E-state index in [0.29, 0.717) is 0 Å². The Bertz CT molecular complexity index is 1290. The second kappa shape index (κ2) is 8.19. The summed E-state index contributed by atoms with van der Waals surface area (Å²) < 4.78 is 7.65. The Kier molecular flexibility index (Phi) is 5.22. The van der Waals surface area contributed by atoms with Gasteiger partial charge in [0.2, 0.25) is 0 Å². The molecule has 0 unspecified atom stereocenters. The van der Waals surface area contributed by atoms with Gasteiger partial charge >= 0.3 is 0 Å². The van der Waals surface area contributed by atoms with Crippen LogP contribution in [0, 0.1) is 0 Å². The van der Waals surface area contributed by atoms with Crippen molar-refractivity contribution in [1.82, 2.24) is 9.47 Å². The number of aromatic nitrogens is 1. The third-order valence-electron chi connectivity index (χ3n) is 6.59. The van der Waals surface area contributed by atoms with Crippen molar-refractivity contribution in [3.05, 3.63) is 89.5 Å². The molecule has 0 saturated carbocycles. The number of fused-ring (bicyclic) bond motifs is 2. The van der Waals surface area contributed by atoms with Crippen LogP contribution in [0.25, 0.3) is 22.2 Å². The van der Waals surface area contributed by atoms with E-state index in [9.17, 15) is 4.79 Å². The Balaban J connectivity index is 1.79. The molecule has 1 aliphatic heterocycles. The first-order valence-electron chi connectivity index (χ1n) is 11.3. The van der Waals surface area contributed by atoms with Gasteiger partial charge in [0.1, 0.15) is 5.75 Å². The van der Waals surface area contributed by atoms with Gasteiger partial charge in [-0.15, -0.1) is 0 Å². The number of hydrogen-bond acceptors (Lipinski definition) is 2. The van der Waals surface area contributed by atoms with Crippen molar-refractivity contribution < 1.29 is 9.53 Å². The van der Waals surface area contributed by atoms with E-state index in [2.05, 4.69) is 65.9 Å². The Morgan fingerprint density at radius 1 is 0.938 bits per heavy atom. The molecule has 0 saturated heterocycles. The zero-order valence-electron chi connectivity index (χ0n) is 18.8. The number of methoxy groups -OCH3 is 1. The fourth-order valence-corrected chi connectivity index (χ4v) is 5.04. The van der Waals surface area contributed by atoms with Crippen molar-refractivity contribution in [3.8, 4) is 17.0 Å². The number of benzene rings is 3. The van der Waals surface area contributed by atoms with E-state index >= 15 is 0 Å². The molecule has 0 N–H and O–H groups in total. The van der Waals surface area contributed by atoms with E-state index in [0.717, 1.165) is 47.5 Å². The molecule has 1 amide bonds. The molecule has 2 heterocycles. The summed E-state index contributed by atoms with van der Waals surface area (Å²) in [5.41, 5.74) is 6.54. The quantitative estimate of drug-likeness (QED) is 0.369. The minimum atomic E-state index is -0.103. The van der Waals surface area contributed by atoms with Gasteiger partial charge in [-0.1, -0.05) is 49.7 Å². The number of para-hydroxylation sites is 1. The number of carbonyl (C=O) groups excluding carboxylic acids is 1. The lowest BCUT2D eigenvalue weighted by atomic mass is 9.93. The van der Waals surface area contributed by atoms with Gasteiger partial charge in [0.15, 0.2) is 0 Å². The lowest BCUT2D eigenvalue weighted by Crippen LogP contribution is -2.30. The lowest BCUT2D eigenvalue weighted by molar-refractivity contribution is 0.0748. The topological polar surface area (TPSA) is 34.5 Å². The van der Waals surface area contributed by atoms with E-state index in [4.69, 9.17) is 4.74 Å². The number of nitrogens with zero attached hydrogens (tertiary/aromatic N) is 2. The van der Waals surface area contributed by atoms with Crippen LogP contribution in [0.2, 0.25) is 0 Å². The highest BCUT2D eigenvalue weighted by atomic mass is 16.5. The second-order valence-corrected chi connectivity index (χ2v) is 8.41. The maximum absolute atomic E-state index is 13.5. The zero-order valence-corrected chi connectivity index (χ0v) is 18.8. The minimum absolute atomic E-state index is 0.103. The molecule has 4 heteroatoms. The number of amides is 1. The number of ether oxygens (including phenoxy) is 1. The first-order valence-corrected chi connectivity index (χ1v) is 11.3. The van der Waals surface area contributed by atoms with Gasteiger partial charge in [0.05, 0.1) is 18.8 Å². The van der Waals surface area contributed by atoms with Crippen LogP contribution in [0.3, 0.4) is 0 Å². The van der Waals surface area contributed by atoms with Crippen molar-refractivity contribution in [2.75, 3.05) is 13.7 Å². The molecule has 0 fully saturated rings. The molecular weight excluding hydrogens is 396 g/mol. The Labute approximate surface area is 189 Å². The van der Waals surface area contributed by atoms with Crippen LogP contribution in [-0.4, -0.2) is 29.0 Å². The lowest BCUT2D eigenvalue weighted by Gasteiger charge is -2.27. The van der Waals surface area contributed by atoms with Crippen molar-refractivity contribution in [2.24, 2.45) is 7.05 Å². The van der Waals surface area contributed by atoms with E-state index in [1.54, 1.807) is 7.11 Å². The first kappa shape index (κ1) is 20.4. The minimum Gasteiger partial charge on any atom is -0.497 e. The van der Waals surface area contributed by atoms with Crippen LogP contribution in [-0.2, 0) is 7.05 Å². The Hall–Kier alpha value is -3.53. The number of aryl methyl sites for hydroxylation is 1. The highest BCUT2D eigenvalue weighted by Crippen LogP contribution is 2.46. The summed E-state index contributed by atoms with van der Waals surface area (Å²) in [6, 6.07) is 24.7. The van der Waals surface area contributed by atoms with Gasteiger partial charge in [-0.3, -0.25) is 4.79 Å². The molecule has 3 aromatic carbocycles. The fourth-order valence-electron chi connectivity index (χ4n) is 5.04. The average molecular weight is 425 g/mol. The molecule has 0 radical (unpaired) electrons. The average Bonchev–Trinajstić information content (AvgIpc) is 3.28. The Morgan fingerprint density at radius 3 is 2.41 bits per heavy atom. The van der Waals surface area contributed by atoms with Gasteiger partial charge < -0.3 is 14.2 Å². The summed E-state index contributed by atoms with van der Waals surface area (Å²) in [7, 11) is 3.80. The number of carbonyl (C=O) groups is 1. The van der Waals surface area contributed by atoms with Crippen molar-refractivity contribution in [2.45, 2.75) is 25.8 Å². The van der Waals surface area contributed by atoms with Crippen molar-refractivity contribution in [1.29, 1.82) is 0 Å². The molecule has 4 nitrogen and oxygen atoms in total. The Morgan fingerprint density at radius 2 is 1.66 bits per heavy atom. The number of unbranched alkanes of at least 4 members (excludes halogenated alkanes) is 1. The van der Waals surface area contributed by atoms with Crippen LogP contribution in [0.1, 0.15) is 47.3 Å². The normalized spacial score (nSPS) is 15.4. The summed E-state index contributed by atoms with van der Waals surface area (Å²) in [6.45, 7) is 2.92. The summed E-state index contributed by atoms with van der Waals surface area (Å²) in [5, 5.41) is 1.19. The third kappa shape index (κ3) is 3.10. The maximum Gasteiger partial charge on any atom is 0.255 e. The highest BCUT2D eigenvalue weighted by molar-refractivity contribution is 6.02. The summed E-state index contributed by atoms with van der Waals surface area (Å²) in [5.74, 6) is 0.965. The predicted octanol–water partition coefficient (Wildman–Crippen LogP) is 6.20. The van der Waals surface area contributed by atoms with Crippen LogP contribution < -0.4 is 4.74 Å². The SMILES string of the molecule is CCCCN1C(=O)c2ccccc2[C@@H]1c1c(-c2ccc(OC)cc2)n(C)c2ccccc12. The maximum atomic E-state index is 13.5. The van der Waals surface area contributed by atoms with Crippen LogP contribution in [0.15, 0.2) is 72.8 Å². The molecule has 1 atom stereocenters. The van der Waals surface area contributed by atoms with Gasteiger partial charge in [0.25, 0.3) is 5.91 Å². The third-order valence-corrected chi connectivity index (χ3v) is 6.59. The van der Waals surface area contributed by atoms with E-state index in [-0.39, 0.29) is 11.9 Å². The molecule has 0 bridgehead atoms.